The van der Waals surface area contributed by atoms with Crippen LogP contribution in [0.5, 0.6) is 0 Å². The molecular formula is C22H32N4O5S. The molecule has 176 valence electrons. The first-order valence-corrected chi connectivity index (χ1v) is 13.0. The average Bonchev–Trinajstić information content (AvgIpc) is 3.20. The third-order valence-corrected chi connectivity index (χ3v) is 6.33. The number of carbonyl (C=O) groups is 1. The van der Waals surface area contributed by atoms with E-state index in [4.69, 9.17) is 4.42 Å². The first kappa shape index (κ1) is 24.2. The van der Waals surface area contributed by atoms with Gasteiger partial charge >= 0.3 is 0 Å². The number of fused-ring (bicyclic) bond motifs is 1. The van der Waals surface area contributed by atoms with Crippen molar-refractivity contribution in [3.8, 4) is 0 Å². The molecule has 1 unspecified atom stereocenters. The maximum absolute atomic E-state index is 13.1. The number of carbonyl (C=O) groups excluding carboxylic acids is 1. The molecule has 0 saturated heterocycles. The number of hydrogen-bond acceptors (Lipinski definition) is 6. The molecule has 10 heteroatoms. The lowest BCUT2D eigenvalue weighted by atomic mass is 9.84. The summed E-state index contributed by atoms with van der Waals surface area (Å²) in [6.45, 7) is 1.85. The van der Waals surface area contributed by atoms with Gasteiger partial charge in [-0.15, -0.1) is 0 Å². The van der Waals surface area contributed by atoms with Crippen LogP contribution < -0.4 is 10.6 Å². The molecule has 1 aliphatic carbocycles. The number of hydrogen-bond donors (Lipinski definition) is 3. The highest BCUT2D eigenvalue weighted by molar-refractivity contribution is 7.89. The quantitative estimate of drug-likeness (QED) is 0.363. The van der Waals surface area contributed by atoms with Gasteiger partial charge < -0.3 is 20.2 Å². The molecule has 1 aliphatic rings. The lowest BCUT2D eigenvalue weighted by Gasteiger charge is -2.28. The van der Waals surface area contributed by atoms with Gasteiger partial charge in [0.15, 0.2) is 11.7 Å². The molecule has 3 rings (SSSR count). The molecule has 1 saturated carbocycles. The highest BCUT2D eigenvalue weighted by atomic mass is 32.2. The number of sulfonamides is 1. The SMILES string of the molecule is CC[C@H](NC(=O)[C@H](CC1CCCCC1)NC=NS(C)(=O)=O)C(O)c1nc2ccccc2o1. The van der Waals surface area contributed by atoms with Crippen LogP contribution in [0.1, 0.15) is 63.9 Å². The Balaban J connectivity index is 1.71. The zero-order valence-electron chi connectivity index (χ0n) is 18.5. The summed E-state index contributed by atoms with van der Waals surface area (Å²) in [6.07, 6.45) is 7.51. The fraction of sp³-hybridized carbons (Fsp3) is 0.591. The van der Waals surface area contributed by atoms with E-state index in [1.807, 2.05) is 19.1 Å². The van der Waals surface area contributed by atoms with Gasteiger partial charge in [0.05, 0.1) is 12.3 Å². The molecule has 1 amide bonds. The average molecular weight is 465 g/mol. The molecule has 0 radical (unpaired) electrons. The summed E-state index contributed by atoms with van der Waals surface area (Å²) < 4.78 is 31.8. The zero-order chi connectivity index (χ0) is 23.1. The van der Waals surface area contributed by atoms with Gasteiger partial charge in [-0.2, -0.15) is 4.40 Å². The van der Waals surface area contributed by atoms with E-state index in [0.29, 0.717) is 29.9 Å². The van der Waals surface area contributed by atoms with Crippen molar-refractivity contribution in [1.82, 2.24) is 15.6 Å². The molecule has 3 N–H and O–H groups in total. The molecule has 1 aromatic heterocycles. The van der Waals surface area contributed by atoms with Crippen molar-refractivity contribution in [2.24, 2.45) is 10.3 Å². The van der Waals surface area contributed by atoms with Gasteiger partial charge in [0, 0.05) is 0 Å². The number of amides is 1. The maximum Gasteiger partial charge on any atom is 0.251 e. The number of aliphatic hydroxyl groups excluding tert-OH is 1. The predicted molar refractivity (Wildman–Crippen MR) is 123 cm³/mol. The van der Waals surface area contributed by atoms with Crippen LogP contribution in [0.2, 0.25) is 0 Å². The monoisotopic (exact) mass is 464 g/mol. The molecule has 0 aliphatic heterocycles. The number of nitrogens with zero attached hydrogens (tertiary/aromatic N) is 2. The molecular weight excluding hydrogens is 432 g/mol. The van der Waals surface area contributed by atoms with Crippen LogP contribution in [0.15, 0.2) is 33.1 Å². The molecule has 9 nitrogen and oxygen atoms in total. The number of benzene rings is 1. The minimum absolute atomic E-state index is 0.147. The van der Waals surface area contributed by atoms with E-state index in [1.165, 1.54) is 6.42 Å². The Morgan fingerprint density at radius 1 is 1.31 bits per heavy atom. The Kier molecular flexibility index (Phi) is 8.25. The van der Waals surface area contributed by atoms with Crippen molar-refractivity contribution >= 4 is 33.4 Å². The summed E-state index contributed by atoms with van der Waals surface area (Å²) in [5.41, 5.74) is 1.20. The van der Waals surface area contributed by atoms with Gasteiger partial charge in [0.25, 0.3) is 10.0 Å². The number of para-hydroxylation sites is 2. The van der Waals surface area contributed by atoms with E-state index in [0.717, 1.165) is 38.3 Å². The van der Waals surface area contributed by atoms with E-state index >= 15 is 0 Å². The Labute approximate surface area is 188 Å². The number of nitrogens with one attached hydrogen (secondary N) is 2. The highest BCUT2D eigenvalue weighted by Gasteiger charge is 2.30. The standard InChI is InChI=1S/C22H32N4O5S/c1-3-16(20(27)22-26-17-11-7-8-12-19(17)31-22)25-21(28)18(23-14-24-32(2,29)30)13-15-9-5-4-6-10-15/h7-8,11-12,14-16,18,20,27H,3-6,9-10,13H2,1-2H3,(H,23,24)(H,25,28)/t16-,18-,20?/m0/s1. The van der Waals surface area contributed by atoms with E-state index < -0.39 is 28.2 Å². The summed E-state index contributed by atoms with van der Waals surface area (Å²) >= 11 is 0. The Bertz CT molecular complexity index is 997. The van der Waals surface area contributed by atoms with Crippen molar-refractivity contribution in [2.75, 3.05) is 6.26 Å². The van der Waals surface area contributed by atoms with Crippen LogP contribution >= 0.6 is 0 Å². The lowest BCUT2D eigenvalue weighted by Crippen LogP contribution is -2.50. The van der Waals surface area contributed by atoms with Crippen LogP contribution in [0.3, 0.4) is 0 Å². The van der Waals surface area contributed by atoms with Crippen molar-refractivity contribution < 1.29 is 22.7 Å². The number of aliphatic hydroxyl groups is 1. The van der Waals surface area contributed by atoms with Crippen LogP contribution in [0, 0.1) is 5.92 Å². The molecule has 0 bridgehead atoms. The largest absolute Gasteiger partial charge is 0.438 e. The van der Waals surface area contributed by atoms with Crippen molar-refractivity contribution in [3.05, 3.63) is 30.2 Å². The molecule has 0 spiro atoms. The molecule has 2 aromatic rings. The fourth-order valence-electron chi connectivity index (χ4n) is 4.10. The number of aromatic nitrogens is 1. The van der Waals surface area contributed by atoms with Gasteiger partial charge in [-0.05, 0) is 30.9 Å². The maximum atomic E-state index is 13.1. The minimum Gasteiger partial charge on any atom is -0.438 e. The second kappa shape index (κ2) is 10.9. The Morgan fingerprint density at radius 2 is 2.03 bits per heavy atom. The van der Waals surface area contributed by atoms with Crippen LogP contribution in [0.4, 0.5) is 0 Å². The highest BCUT2D eigenvalue weighted by Crippen LogP contribution is 2.28. The molecule has 3 atom stereocenters. The van der Waals surface area contributed by atoms with Crippen LogP contribution in [-0.2, 0) is 14.8 Å². The van der Waals surface area contributed by atoms with Gasteiger partial charge in [-0.3, -0.25) is 4.79 Å². The first-order chi connectivity index (χ1) is 15.3. The molecule has 1 heterocycles. The van der Waals surface area contributed by atoms with Crippen molar-refractivity contribution in [1.29, 1.82) is 0 Å². The van der Waals surface area contributed by atoms with E-state index in [2.05, 4.69) is 20.0 Å². The normalized spacial score (nSPS) is 18.5. The summed E-state index contributed by atoms with van der Waals surface area (Å²) in [5.74, 6) is 0.201. The van der Waals surface area contributed by atoms with Crippen LogP contribution in [-0.4, -0.2) is 49.1 Å². The van der Waals surface area contributed by atoms with E-state index in [1.54, 1.807) is 12.1 Å². The number of oxazole rings is 1. The third kappa shape index (κ3) is 6.77. The molecule has 1 aromatic carbocycles. The lowest BCUT2D eigenvalue weighted by molar-refractivity contribution is -0.125. The second-order valence-corrected chi connectivity index (χ2v) is 10.1. The minimum atomic E-state index is -3.55. The summed E-state index contributed by atoms with van der Waals surface area (Å²) in [6, 6.07) is 5.94. The summed E-state index contributed by atoms with van der Waals surface area (Å²) in [4.78, 5) is 17.4. The first-order valence-electron chi connectivity index (χ1n) is 11.1. The van der Waals surface area contributed by atoms with Gasteiger partial charge in [0.2, 0.25) is 11.8 Å². The topological polar surface area (TPSA) is 134 Å². The van der Waals surface area contributed by atoms with E-state index in [-0.39, 0.29) is 11.8 Å². The van der Waals surface area contributed by atoms with Crippen LogP contribution in [0.25, 0.3) is 11.1 Å². The Hall–Kier alpha value is -2.46. The Morgan fingerprint density at radius 3 is 2.69 bits per heavy atom. The summed E-state index contributed by atoms with van der Waals surface area (Å²) in [5, 5.41) is 16.6. The van der Waals surface area contributed by atoms with Crippen molar-refractivity contribution in [3.63, 3.8) is 0 Å². The fourth-order valence-corrected chi connectivity index (χ4v) is 4.35. The third-order valence-electron chi connectivity index (χ3n) is 5.84. The van der Waals surface area contributed by atoms with E-state index in [9.17, 15) is 18.3 Å². The van der Waals surface area contributed by atoms with Gasteiger partial charge in [0.1, 0.15) is 17.9 Å². The summed E-state index contributed by atoms with van der Waals surface area (Å²) in [7, 11) is -3.55. The van der Waals surface area contributed by atoms with Gasteiger partial charge in [-0.1, -0.05) is 51.2 Å². The smallest absolute Gasteiger partial charge is 0.251 e. The number of rotatable bonds is 10. The second-order valence-electron chi connectivity index (χ2n) is 8.41. The molecule has 32 heavy (non-hydrogen) atoms. The zero-order valence-corrected chi connectivity index (χ0v) is 19.3. The van der Waals surface area contributed by atoms with Crippen molar-refractivity contribution in [2.45, 2.75) is 70.1 Å². The van der Waals surface area contributed by atoms with Gasteiger partial charge in [-0.25, -0.2) is 13.4 Å². The predicted octanol–water partition coefficient (Wildman–Crippen LogP) is 2.67. The molecule has 1 fully saturated rings.